The Balaban J connectivity index is 1.79. The maximum Gasteiger partial charge on any atom is 0.273 e. The monoisotopic (exact) mass is 309 g/mol. The molecule has 1 aromatic rings. The van der Waals surface area contributed by atoms with E-state index in [1.807, 2.05) is 0 Å². The SMILES string of the molecule is CNC(=O)[C@@H]1CN(CCOc2cccc([N+](=O)[O-])c2)CCO1. The van der Waals surface area contributed by atoms with Crippen LogP contribution in [0.2, 0.25) is 0 Å². The Labute approximate surface area is 128 Å². The third-order valence-corrected chi connectivity index (χ3v) is 3.39. The highest BCUT2D eigenvalue weighted by Gasteiger charge is 2.25. The molecule has 1 aliphatic rings. The van der Waals surface area contributed by atoms with Crippen LogP contribution in [0.15, 0.2) is 24.3 Å². The van der Waals surface area contributed by atoms with E-state index in [0.717, 1.165) is 6.54 Å². The number of ether oxygens (including phenoxy) is 2. The molecule has 1 aliphatic heterocycles. The van der Waals surface area contributed by atoms with Gasteiger partial charge in [0, 0.05) is 32.7 Å². The van der Waals surface area contributed by atoms with E-state index in [1.165, 1.54) is 12.1 Å². The molecule has 8 nitrogen and oxygen atoms in total. The number of morpholine rings is 1. The van der Waals surface area contributed by atoms with Crippen molar-refractivity contribution in [2.75, 3.05) is 39.9 Å². The van der Waals surface area contributed by atoms with Gasteiger partial charge in [0.15, 0.2) is 0 Å². The van der Waals surface area contributed by atoms with Crippen LogP contribution in [0.1, 0.15) is 0 Å². The summed E-state index contributed by atoms with van der Waals surface area (Å²) in [5.74, 6) is 0.328. The number of rotatable bonds is 6. The summed E-state index contributed by atoms with van der Waals surface area (Å²) in [6, 6.07) is 6.08. The lowest BCUT2D eigenvalue weighted by Gasteiger charge is -2.31. The molecule has 1 fully saturated rings. The van der Waals surface area contributed by atoms with E-state index in [4.69, 9.17) is 9.47 Å². The lowest BCUT2D eigenvalue weighted by Crippen LogP contribution is -2.50. The molecule has 8 heteroatoms. The maximum atomic E-state index is 11.6. The first-order valence-corrected chi connectivity index (χ1v) is 7.03. The van der Waals surface area contributed by atoms with Crippen molar-refractivity contribution in [3.63, 3.8) is 0 Å². The summed E-state index contributed by atoms with van der Waals surface area (Å²) in [4.78, 5) is 23.9. The summed E-state index contributed by atoms with van der Waals surface area (Å²) >= 11 is 0. The van der Waals surface area contributed by atoms with Crippen molar-refractivity contribution in [2.24, 2.45) is 0 Å². The summed E-state index contributed by atoms with van der Waals surface area (Å²) < 4.78 is 10.9. The van der Waals surface area contributed by atoms with Crippen molar-refractivity contribution in [2.45, 2.75) is 6.10 Å². The zero-order chi connectivity index (χ0) is 15.9. The molecule has 1 amide bonds. The topological polar surface area (TPSA) is 93.9 Å². The molecule has 1 aromatic carbocycles. The Bertz CT molecular complexity index is 537. The first-order chi connectivity index (χ1) is 10.6. The van der Waals surface area contributed by atoms with Gasteiger partial charge in [0.2, 0.25) is 5.91 Å². The Kier molecular flexibility index (Phi) is 5.68. The summed E-state index contributed by atoms with van der Waals surface area (Å²) in [6.07, 6.45) is -0.462. The Morgan fingerprint density at radius 1 is 1.59 bits per heavy atom. The molecule has 22 heavy (non-hydrogen) atoms. The minimum atomic E-state index is -0.462. The Morgan fingerprint density at radius 3 is 3.14 bits per heavy atom. The van der Waals surface area contributed by atoms with Gasteiger partial charge < -0.3 is 14.8 Å². The molecule has 120 valence electrons. The number of benzene rings is 1. The van der Waals surface area contributed by atoms with Crippen LogP contribution >= 0.6 is 0 Å². The molecule has 0 saturated carbocycles. The third kappa shape index (κ3) is 4.40. The van der Waals surface area contributed by atoms with Crippen LogP contribution in [0.3, 0.4) is 0 Å². The molecular weight excluding hydrogens is 290 g/mol. The summed E-state index contributed by atoms with van der Waals surface area (Å²) in [5.41, 5.74) is 0.00329. The predicted molar refractivity (Wildman–Crippen MR) is 78.8 cm³/mol. The molecule has 0 aromatic heterocycles. The van der Waals surface area contributed by atoms with Gasteiger partial charge in [0.1, 0.15) is 18.5 Å². The van der Waals surface area contributed by atoms with E-state index >= 15 is 0 Å². The predicted octanol–water partition coefficient (Wildman–Crippen LogP) is 0.420. The molecule has 1 atom stereocenters. The van der Waals surface area contributed by atoms with Crippen LogP contribution in [0.5, 0.6) is 5.75 Å². The minimum absolute atomic E-state index is 0.00329. The van der Waals surface area contributed by atoms with Gasteiger partial charge in [-0.1, -0.05) is 6.07 Å². The number of non-ortho nitro benzene ring substituents is 1. The van der Waals surface area contributed by atoms with Gasteiger partial charge >= 0.3 is 0 Å². The van der Waals surface area contributed by atoms with Crippen LogP contribution in [-0.2, 0) is 9.53 Å². The number of nitro benzene ring substituents is 1. The van der Waals surface area contributed by atoms with E-state index in [0.29, 0.717) is 32.1 Å². The fourth-order valence-corrected chi connectivity index (χ4v) is 2.20. The summed E-state index contributed by atoms with van der Waals surface area (Å²) in [5, 5.41) is 13.3. The van der Waals surface area contributed by atoms with Crippen molar-refractivity contribution >= 4 is 11.6 Å². The van der Waals surface area contributed by atoms with E-state index < -0.39 is 11.0 Å². The highest BCUT2D eigenvalue weighted by Crippen LogP contribution is 2.19. The molecule has 0 spiro atoms. The molecule has 0 unspecified atom stereocenters. The van der Waals surface area contributed by atoms with E-state index in [2.05, 4.69) is 10.2 Å². The normalized spacial score (nSPS) is 18.7. The first kappa shape index (κ1) is 16.2. The third-order valence-electron chi connectivity index (χ3n) is 3.39. The molecule has 2 rings (SSSR count). The fourth-order valence-electron chi connectivity index (χ4n) is 2.20. The molecule has 0 aliphatic carbocycles. The second-order valence-corrected chi connectivity index (χ2v) is 4.88. The van der Waals surface area contributed by atoms with Gasteiger partial charge in [-0.15, -0.1) is 0 Å². The summed E-state index contributed by atoms with van der Waals surface area (Å²) in [6.45, 7) is 2.75. The molecule has 1 heterocycles. The van der Waals surface area contributed by atoms with Gasteiger partial charge in [-0.25, -0.2) is 0 Å². The van der Waals surface area contributed by atoms with Crippen LogP contribution in [0, 0.1) is 10.1 Å². The number of nitrogens with zero attached hydrogens (tertiary/aromatic N) is 2. The second-order valence-electron chi connectivity index (χ2n) is 4.88. The zero-order valence-corrected chi connectivity index (χ0v) is 12.4. The number of likely N-dealkylation sites (N-methyl/N-ethyl adjacent to an activating group) is 1. The number of amides is 1. The lowest BCUT2D eigenvalue weighted by atomic mass is 10.2. The number of hydrogen-bond donors (Lipinski definition) is 1. The highest BCUT2D eigenvalue weighted by atomic mass is 16.6. The molecule has 1 saturated heterocycles. The molecule has 0 bridgehead atoms. The number of hydrogen-bond acceptors (Lipinski definition) is 6. The van der Waals surface area contributed by atoms with Crippen LogP contribution in [0.4, 0.5) is 5.69 Å². The number of nitrogens with one attached hydrogen (secondary N) is 1. The van der Waals surface area contributed by atoms with Gasteiger partial charge in [0.05, 0.1) is 17.6 Å². The van der Waals surface area contributed by atoms with Crippen molar-refractivity contribution < 1.29 is 19.2 Å². The van der Waals surface area contributed by atoms with Crippen molar-refractivity contribution in [3.8, 4) is 5.75 Å². The first-order valence-electron chi connectivity index (χ1n) is 7.03. The van der Waals surface area contributed by atoms with Gasteiger partial charge in [0.25, 0.3) is 5.69 Å². The van der Waals surface area contributed by atoms with Crippen molar-refractivity contribution in [1.29, 1.82) is 0 Å². The van der Waals surface area contributed by atoms with E-state index in [1.54, 1.807) is 19.2 Å². The van der Waals surface area contributed by atoms with Crippen LogP contribution in [-0.4, -0.2) is 61.7 Å². The number of carbonyl (C=O) groups excluding carboxylic acids is 1. The van der Waals surface area contributed by atoms with Crippen LogP contribution < -0.4 is 10.1 Å². The average Bonchev–Trinajstić information content (AvgIpc) is 2.54. The lowest BCUT2D eigenvalue weighted by molar-refractivity contribution is -0.384. The summed E-state index contributed by atoms with van der Waals surface area (Å²) in [7, 11) is 1.58. The quantitative estimate of drug-likeness (QED) is 0.604. The molecule has 0 radical (unpaired) electrons. The minimum Gasteiger partial charge on any atom is -0.492 e. The second kappa shape index (κ2) is 7.71. The van der Waals surface area contributed by atoms with Gasteiger partial charge in [-0.05, 0) is 6.07 Å². The smallest absolute Gasteiger partial charge is 0.273 e. The van der Waals surface area contributed by atoms with Gasteiger partial charge in [-0.3, -0.25) is 19.8 Å². The number of carbonyl (C=O) groups is 1. The molecule has 1 N–H and O–H groups in total. The fraction of sp³-hybridized carbons (Fsp3) is 0.500. The Morgan fingerprint density at radius 2 is 2.41 bits per heavy atom. The zero-order valence-electron chi connectivity index (χ0n) is 12.4. The highest BCUT2D eigenvalue weighted by molar-refractivity contribution is 5.80. The van der Waals surface area contributed by atoms with Crippen LogP contribution in [0.25, 0.3) is 0 Å². The maximum absolute atomic E-state index is 11.6. The largest absolute Gasteiger partial charge is 0.492 e. The van der Waals surface area contributed by atoms with E-state index in [9.17, 15) is 14.9 Å². The number of nitro groups is 1. The standard InChI is InChI=1S/C14H19N3O5/c1-15-14(18)13-10-16(6-8-22-13)5-7-21-12-4-2-3-11(9-12)17(19)20/h2-4,9,13H,5-8,10H2,1H3,(H,15,18)/t13-/m0/s1. The van der Waals surface area contributed by atoms with Crippen molar-refractivity contribution in [1.82, 2.24) is 10.2 Å². The average molecular weight is 309 g/mol. The van der Waals surface area contributed by atoms with E-state index in [-0.39, 0.29) is 11.6 Å². The molecular formula is C14H19N3O5. The van der Waals surface area contributed by atoms with Gasteiger partial charge in [-0.2, -0.15) is 0 Å². The van der Waals surface area contributed by atoms with Crippen molar-refractivity contribution in [3.05, 3.63) is 34.4 Å². The Hall–Kier alpha value is -2.19.